The molecule has 1 aromatic heterocycles. The molecule has 0 spiro atoms. The third-order valence-electron chi connectivity index (χ3n) is 3.60. The van der Waals surface area contributed by atoms with Crippen molar-refractivity contribution in [2.24, 2.45) is 5.73 Å². The summed E-state index contributed by atoms with van der Waals surface area (Å²) >= 11 is 6.02. The maximum atomic E-state index is 12.3. The second-order valence-electron chi connectivity index (χ2n) is 5.91. The molecular formula is C19H22ClN7O3. The molecule has 0 atom stereocenters. The van der Waals surface area contributed by atoms with Crippen LogP contribution in [0, 0.1) is 6.57 Å². The Morgan fingerprint density at radius 2 is 1.93 bits per heavy atom. The predicted molar refractivity (Wildman–Crippen MR) is 115 cm³/mol. The van der Waals surface area contributed by atoms with E-state index in [9.17, 15) is 9.59 Å². The molecule has 0 bridgehead atoms. The van der Waals surface area contributed by atoms with Crippen LogP contribution in [0.3, 0.4) is 0 Å². The van der Waals surface area contributed by atoms with Gasteiger partial charge < -0.3 is 26.4 Å². The molecule has 0 aliphatic rings. The van der Waals surface area contributed by atoms with Crippen molar-refractivity contribution >= 4 is 40.9 Å². The van der Waals surface area contributed by atoms with Gasteiger partial charge in [-0.25, -0.2) is 14.4 Å². The third-order valence-corrected chi connectivity index (χ3v) is 3.84. The van der Waals surface area contributed by atoms with E-state index in [4.69, 9.17) is 28.6 Å². The maximum absolute atomic E-state index is 12.3. The summed E-state index contributed by atoms with van der Waals surface area (Å²) in [6.07, 6.45) is 1.92. The number of rotatable bonds is 9. The Morgan fingerprint density at radius 3 is 2.63 bits per heavy atom. The molecule has 1 aromatic carbocycles. The summed E-state index contributed by atoms with van der Waals surface area (Å²) in [6, 6.07) is 7.09. The van der Waals surface area contributed by atoms with Gasteiger partial charge in [-0.05, 0) is 30.7 Å². The van der Waals surface area contributed by atoms with E-state index in [1.807, 2.05) is 0 Å². The number of urea groups is 2. The highest BCUT2D eigenvalue weighted by atomic mass is 35.5. The monoisotopic (exact) mass is 431 g/mol. The number of pyridine rings is 1. The van der Waals surface area contributed by atoms with Crippen molar-refractivity contribution in [2.75, 3.05) is 36.9 Å². The van der Waals surface area contributed by atoms with Crippen LogP contribution in [0.4, 0.5) is 26.8 Å². The minimum Gasteiger partial charge on any atom is -0.491 e. The van der Waals surface area contributed by atoms with E-state index in [-0.39, 0.29) is 6.03 Å². The molecule has 0 saturated heterocycles. The first-order valence-corrected chi connectivity index (χ1v) is 9.45. The lowest BCUT2D eigenvalue weighted by Gasteiger charge is -2.14. The second kappa shape index (κ2) is 12.1. The van der Waals surface area contributed by atoms with E-state index in [2.05, 4.69) is 31.1 Å². The summed E-state index contributed by atoms with van der Waals surface area (Å²) < 4.78 is 5.69. The molecule has 158 valence electrons. The second-order valence-corrected chi connectivity index (χ2v) is 6.34. The summed E-state index contributed by atoms with van der Waals surface area (Å²) in [5.41, 5.74) is 6.07. The lowest BCUT2D eigenvalue weighted by molar-refractivity contribution is 0.239. The quantitative estimate of drug-likeness (QED) is 0.307. The van der Waals surface area contributed by atoms with Crippen LogP contribution in [0.2, 0.25) is 5.02 Å². The first-order chi connectivity index (χ1) is 14.5. The average molecular weight is 432 g/mol. The molecule has 0 unspecified atom stereocenters. The van der Waals surface area contributed by atoms with Crippen LogP contribution in [0.15, 0.2) is 36.5 Å². The molecule has 0 fully saturated rings. The van der Waals surface area contributed by atoms with Crippen LogP contribution in [-0.4, -0.2) is 43.3 Å². The number of nitrogens with two attached hydrogens (primary N) is 1. The minimum absolute atomic E-state index is 0.288. The molecule has 6 N–H and O–H groups in total. The first kappa shape index (κ1) is 22.7. The van der Waals surface area contributed by atoms with Gasteiger partial charge in [0.05, 0.1) is 18.9 Å². The summed E-state index contributed by atoms with van der Waals surface area (Å²) in [5.74, 6) is 0.724. The summed E-state index contributed by atoms with van der Waals surface area (Å²) in [7, 11) is 0. The van der Waals surface area contributed by atoms with E-state index in [1.54, 1.807) is 24.3 Å². The van der Waals surface area contributed by atoms with Gasteiger partial charge in [0.15, 0.2) is 0 Å². The van der Waals surface area contributed by atoms with Crippen LogP contribution in [0.1, 0.15) is 6.42 Å². The lowest BCUT2D eigenvalue weighted by Crippen LogP contribution is -2.38. The van der Waals surface area contributed by atoms with Gasteiger partial charge >= 0.3 is 12.1 Å². The van der Waals surface area contributed by atoms with E-state index in [0.29, 0.717) is 60.6 Å². The number of anilines is 2. The number of nitrogens with one attached hydrogen (secondary N) is 4. The smallest absolute Gasteiger partial charge is 0.324 e. The topological polar surface area (TPSA) is 135 Å². The highest BCUT2D eigenvalue weighted by molar-refractivity contribution is 6.31. The average Bonchev–Trinajstić information content (AvgIpc) is 2.73. The molecule has 0 radical (unpaired) electrons. The Bertz CT molecular complexity index is 900. The van der Waals surface area contributed by atoms with E-state index < -0.39 is 6.03 Å². The molecule has 10 nitrogen and oxygen atoms in total. The number of hydrogen-bond donors (Lipinski definition) is 5. The number of benzene rings is 1. The van der Waals surface area contributed by atoms with Gasteiger partial charge in [-0.3, -0.25) is 10.3 Å². The van der Waals surface area contributed by atoms with Gasteiger partial charge in [-0.2, -0.15) is 0 Å². The zero-order valence-electron chi connectivity index (χ0n) is 16.1. The Hall–Kier alpha value is -3.55. The Balaban J connectivity index is 1.85. The molecule has 2 rings (SSSR count). The van der Waals surface area contributed by atoms with E-state index in [1.165, 1.54) is 12.3 Å². The number of nitrogens with zero attached hydrogens (tertiary/aromatic N) is 2. The molecular weight excluding hydrogens is 410 g/mol. The van der Waals surface area contributed by atoms with Crippen molar-refractivity contribution in [2.45, 2.75) is 6.42 Å². The van der Waals surface area contributed by atoms with Crippen molar-refractivity contribution in [3.05, 3.63) is 53.0 Å². The predicted octanol–water partition coefficient (Wildman–Crippen LogP) is 2.96. The van der Waals surface area contributed by atoms with Gasteiger partial charge in [0.25, 0.3) is 0 Å². The fraction of sp³-hybridized carbons (Fsp3) is 0.263. The molecule has 4 amide bonds. The first-order valence-electron chi connectivity index (χ1n) is 9.07. The van der Waals surface area contributed by atoms with E-state index in [0.717, 1.165) is 0 Å². The van der Waals surface area contributed by atoms with Gasteiger partial charge in [0, 0.05) is 30.9 Å². The molecule has 30 heavy (non-hydrogen) atoms. The SMILES string of the molecule is [C-]#[N+]c1ccc(NC(=O)Nc2cc(Cl)ccc2OCCCNC(=O)NCCN)nc1. The Kier molecular flexibility index (Phi) is 9.18. The highest BCUT2D eigenvalue weighted by Gasteiger charge is 2.10. The standard InChI is InChI=1S/C19H22ClN7O3/c1-22-14-4-6-17(25-12-14)27-19(29)26-15-11-13(20)3-5-16(15)30-10-2-8-23-18(28)24-9-7-21/h3-6,11-12H,2,7-10,21H2,(H2,23,24,28)(H2,25,26,27,29). The van der Waals surface area contributed by atoms with Crippen LogP contribution < -0.4 is 31.7 Å². The van der Waals surface area contributed by atoms with Crippen LogP contribution >= 0.6 is 11.6 Å². The van der Waals surface area contributed by atoms with Crippen LogP contribution in [0.5, 0.6) is 5.75 Å². The fourth-order valence-electron chi connectivity index (χ4n) is 2.23. The fourth-order valence-corrected chi connectivity index (χ4v) is 2.40. The maximum Gasteiger partial charge on any atom is 0.324 e. The van der Waals surface area contributed by atoms with Gasteiger partial charge in [-0.15, -0.1) is 0 Å². The van der Waals surface area contributed by atoms with Crippen molar-refractivity contribution in [1.29, 1.82) is 0 Å². The highest BCUT2D eigenvalue weighted by Crippen LogP contribution is 2.28. The summed E-state index contributed by atoms with van der Waals surface area (Å²) in [6.45, 7) is 8.42. The number of carbonyl (C=O) groups is 2. The molecule has 2 aromatic rings. The molecule has 0 aliphatic carbocycles. The van der Waals surface area contributed by atoms with Crippen molar-refractivity contribution in [3.63, 3.8) is 0 Å². The van der Waals surface area contributed by atoms with Crippen molar-refractivity contribution < 1.29 is 14.3 Å². The van der Waals surface area contributed by atoms with Gasteiger partial charge in [0.1, 0.15) is 11.6 Å². The Morgan fingerprint density at radius 1 is 1.13 bits per heavy atom. The minimum atomic E-state index is -0.538. The number of ether oxygens (including phenoxy) is 1. The number of carbonyl (C=O) groups excluding carboxylic acids is 2. The summed E-state index contributed by atoms with van der Waals surface area (Å²) in [5, 5.41) is 10.9. The molecule has 0 saturated carbocycles. The van der Waals surface area contributed by atoms with Crippen LogP contribution in [0.25, 0.3) is 4.85 Å². The lowest BCUT2D eigenvalue weighted by atomic mass is 10.3. The summed E-state index contributed by atoms with van der Waals surface area (Å²) in [4.78, 5) is 30.9. The zero-order valence-corrected chi connectivity index (χ0v) is 16.8. The number of halogens is 1. The molecule has 0 aliphatic heterocycles. The normalized spacial score (nSPS) is 9.90. The van der Waals surface area contributed by atoms with Gasteiger partial charge in [-0.1, -0.05) is 17.7 Å². The van der Waals surface area contributed by atoms with E-state index >= 15 is 0 Å². The third kappa shape index (κ3) is 7.83. The number of amides is 4. The zero-order chi connectivity index (χ0) is 21.8. The number of aromatic nitrogens is 1. The number of hydrogen-bond acceptors (Lipinski definition) is 5. The van der Waals surface area contributed by atoms with Crippen molar-refractivity contribution in [1.82, 2.24) is 15.6 Å². The largest absolute Gasteiger partial charge is 0.491 e. The molecule has 11 heteroatoms. The van der Waals surface area contributed by atoms with Crippen molar-refractivity contribution in [3.8, 4) is 5.75 Å². The van der Waals surface area contributed by atoms with Gasteiger partial charge in [0.2, 0.25) is 5.69 Å². The Labute approximate surface area is 179 Å². The van der Waals surface area contributed by atoms with Crippen LogP contribution in [-0.2, 0) is 0 Å². The molecule has 1 heterocycles.